The van der Waals surface area contributed by atoms with Crippen molar-refractivity contribution >= 4 is 34.2 Å². The smallest absolute Gasteiger partial charge is 0.222 e. The zero-order chi connectivity index (χ0) is 15.5. The van der Waals surface area contributed by atoms with Crippen LogP contribution in [-0.4, -0.2) is 37.0 Å². The molecule has 1 amide bonds. The van der Waals surface area contributed by atoms with E-state index in [0.29, 0.717) is 12.3 Å². The van der Waals surface area contributed by atoms with Crippen LogP contribution in [0.3, 0.4) is 0 Å². The summed E-state index contributed by atoms with van der Waals surface area (Å²) in [6.45, 7) is 6.27. The lowest BCUT2D eigenvalue weighted by atomic mass is 9.92. The van der Waals surface area contributed by atoms with Crippen molar-refractivity contribution < 1.29 is 4.79 Å². The molecule has 0 radical (unpaired) electrons. The number of nitrogens with one attached hydrogen (secondary N) is 1. The van der Waals surface area contributed by atoms with Crippen molar-refractivity contribution in [1.29, 1.82) is 0 Å². The van der Waals surface area contributed by atoms with E-state index in [-0.39, 0.29) is 12.4 Å². The summed E-state index contributed by atoms with van der Waals surface area (Å²) in [6, 6.07) is 6.37. The molecule has 2 aliphatic heterocycles. The molecule has 0 spiro atoms. The number of hydrogen-bond donors (Lipinski definition) is 1. The van der Waals surface area contributed by atoms with Gasteiger partial charge in [0.2, 0.25) is 5.91 Å². The van der Waals surface area contributed by atoms with Gasteiger partial charge in [-0.2, -0.15) is 0 Å². The van der Waals surface area contributed by atoms with Crippen LogP contribution in [0.1, 0.15) is 30.4 Å². The van der Waals surface area contributed by atoms with Gasteiger partial charge in [-0.25, -0.2) is 0 Å². The summed E-state index contributed by atoms with van der Waals surface area (Å²) in [5.41, 5.74) is 2.49. The molecule has 0 bridgehead atoms. The Balaban J connectivity index is 0.00000192. The minimum Gasteiger partial charge on any atom is -0.343 e. The number of carbonyl (C=O) groups is 1. The van der Waals surface area contributed by atoms with E-state index in [0.717, 1.165) is 48.9 Å². The molecule has 1 aromatic carbocycles. The van der Waals surface area contributed by atoms with Crippen LogP contribution < -0.4 is 5.32 Å². The Bertz CT molecular complexity index is 538. The second-order valence-electron chi connectivity index (χ2n) is 6.72. The lowest BCUT2D eigenvalue weighted by Gasteiger charge is -2.21. The van der Waals surface area contributed by atoms with Crippen LogP contribution in [0.15, 0.2) is 22.7 Å². The van der Waals surface area contributed by atoms with Gasteiger partial charge in [-0.15, -0.1) is 12.4 Å². The number of hydrogen-bond acceptors (Lipinski definition) is 2. The number of nitrogens with zero attached hydrogens (tertiary/aromatic N) is 1. The first-order chi connectivity index (χ1) is 10.6. The number of carbonyl (C=O) groups excluding carboxylic acids is 1. The number of amides is 1. The van der Waals surface area contributed by atoms with Crippen molar-refractivity contribution in [3.63, 3.8) is 0 Å². The van der Waals surface area contributed by atoms with Gasteiger partial charge >= 0.3 is 0 Å². The first-order valence-electron chi connectivity index (χ1n) is 8.37. The van der Waals surface area contributed by atoms with Gasteiger partial charge in [0.1, 0.15) is 0 Å². The molecule has 5 heteroatoms. The average molecular weight is 402 g/mol. The Morgan fingerprint density at radius 3 is 2.52 bits per heavy atom. The second kappa shape index (κ2) is 8.50. The van der Waals surface area contributed by atoms with Gasteiger partial charge in [0, 0.05) is 24.0 Å². The van der Waals surface area contributed by atoms with Crippen molar-refractivity contribution in [1.82, 2.24) is 10.2 Å². The van der Waals surface area contributed by atoms with Crippen LogP contribution in [0.25, 0.3) is 0 Å². The maximum absolute atomic E-state index is 12.5. The van der Waals surface area contributed by atoms with Gasteiger partial charge in [0.15, 0.2) is 0 Å². The SMILES string of the molecule is Cc1cc(CCC(=O)N2CC[C@@H]3CNC[C@@H]3CC2)ccc1Br.Cl. The molecule has 0 unspecified atom stereocenters. The van der Waals surface area contributed by atoms with Crippen molar-refractivity contribution in [3.05, 3.63) is 33.8 Å². The third-order valence-electron chi connectivity index (χ3n) is 5.22. The number of halogens is 2. The van der Waals surface area contributed by atoms with Gasteiger partial charge in [-0.1, -0.05) is 28.1 Å². The maximum atomic E-state index is 12.5. The third-order valence-corrected chi connectivity index (χ3v) is 6.11. The molecule has 2 atom stereocenters. The van der Waals surface area contributed by atoms with Crippen LogP contribution in [0.4, 0.5) is 0 Å². The molecule has 2 heterocycles. The van der Waals surface area contributed by atoms with Gasteiger partial charge in [-0.3, -0.25) is 4.79 Å². The summed E-state index contributed by atoms with van der Waals surface area (Å²) >= 11 is 3.52. The second-order valence-corrected chi connectivity index (χ2v) is 7.57. The number of likely N-dealkylation sites (tertiary alicyclic amines) is 1. The molecule has 3 rings (SSSR count). The molecule has 3 nitrogen and oxygen atoms in total. The van der Waals surface area contributed by atoms with Crippen LogP contribution in [-0.2, 0) is 11.2 Å². The first kappa shape index (κ1) is 18.8. The lowest BCUT2D eigenvalue weighted by Crippen LogP contribution is -2.32. The molecule has 0 saturated carbocycles. The van der Waals surface area contributed by atoms with Gasteiger partial charge in [0.25, 0.3) is 0 Å². The molecular weight excluding hydrogens is 376 g/mol. The van der Waals surface area contributed by atoms with Crippen LogP contribution >= 0.6 is 28.3 Å². The minimum absolute atomic E-state index is 0. The van der Waals surface area contributed by atoms with E-state index in [4.69, 9.17) is 0 Å². The topological polar surface area (TPSA) is 32.3 Å². The fraction of sp³-hybridized carbons (Fsp3) is 0.611. The predicted molar refractivity (Wildman–Crippen MR) is 100 cm³/mol. The number of rotatable bonds is 3. The Labute approximate surface area is 153 Å². The van der Waals surface area contributed by atoms with Crippen molar-refractivity contribution in [2.45, 2.75) is 32.6 Å². The molecular formula is C18H26BrClN2O. The van der Waals surface area contributed by atoms with Gasteiger partial charge in [-0.05, 0) is 68.3 Å². The van der Waals surface area contributed by atoms with E-state index in [1.807, 2.05) is 0 Å². The summed E-state index contributed by atoms with van der Waals surface area (Å²) in [4.78, 5) is 14.6. The predicted octanol–water partition coefficient (Wildman–Crippen LogP) is 3.57. The highest BCUT2D eigenvalue weighted by molar-refractivity contribution is 9.10. The standard InChI is InChI=1S/C18H25BrN2O.ClH/c1-13-10-14(2-4-17(13)19)3-5-18(22)21-8-6-15-11-20-12-16(15)7-9-21;/h2,4,10,15-16,20H,3,5-9,11-12H2,1H3;1H/t15-,16+;. The molecule has 1 N–H and O–H groups in total. The number of aryl methyl sites for hydroxylation is 2. The van der Waals surface area contributed by atoms with Crippen molar-refractivity contribution in [2.24, 2.45) is 11.8 Å². The quantitative estimate of drug-likeness (QED) is 0.840. The van der Waals surface area contributed by atoms with Crippen molar-refractivity contribution in [3.8, 4) is 0 Å². The van der Waals surface area contributed by atoms with Crippen LogP contribution in [0, 0.1) is 18.8 Å². The summed E-state index contributed by atoms with van der Waals surface area (Å²) in [7, 11) is 0. The van der Waals surface area contributed by atoms with E-state index in [1.54, 1.807) is 0 Å². The fourth-order valence-corrected chi connectivity index (χ4v) is 3.99. The zero-order valence-electron chi connectivity index (χ0n) is 13.7. The minimum atomic E-state index is 0. The molecule has 23 heavy (non-hydrogen) atoms. The number of fused-ring (bicyclic) bond motifs is 1. The Morgan fingerprint density at radius 2 is 1.91 bits per heavy atom. The monoisotopic (exact) mass is 400 g/mol. The summed E-state index contributed by atoms with van der Waals surface area (Å²) in [6.07, 6.45) is 3.81. The van der Waals surface area contributed by atoms with E-state index in [1.165, 1.54) is 24.0 Å². The maximum Gasteiger partial charge on any atom is 0.222 e. The van der Waals surface area contributed by atoms with E-state index < -0.39 is 0 Å². The van der Waals surface area contributed by atoms with Crippen LogP contribution in [0.2, 0.25) is 0 Å². The molecule has 2 fully saturated rings. The third kappa shape index (κ3) is 4.71. The molecule has 2 saturated heterocycles. The van der Waals surface area contributed by atoms with Crippen molar-refractivity contribution in [2.75, 3.05) is 26.2 Å². The number of benzene rings is 1. The highest BCUT2D eigenvalue weighted by atomic mass is 79.9. The Morgan fingerprint density at radius 1 is 1.26 bits per heavy atom. The van der Waals surface area contributed by atoms with E-state index in [2.05, 4.69) is 51.3 Å². The molecule has 2 aliphatic rings. The average Bonchev–Trinajstić information content (AvgIpc) is 2.87. The van der Waals surface area contributed by atoms with E-state index in [9.17, 15) is 4.79 Å². The first-order valence-corrected chi connectivity index (χ1v) is 9.16. The fourth-order valence-electron chi connectivity index (χ4n) is 3.74. The van der Waals surface area contributed by atoms with Crippen LogP contribution in [0.5, 0.6) is 0 Å². The normalized spacial score (nSPS) is 23.8. The molecule has 128 valence electrons. The zero-order valence-corrected chi connectivity index (χ0v) is 16.1. The highest BCUT2D eigenvalue weighted by Gasteiger charge is 2.31. The molecule has 0 aliphatic carbocycles. The highest BCUT2D eigenvalue weighted by Crippen LogP contribution is 2.27. The Kier molecular flexibility index (Phi) is 6.93. The van der Waals surface area contributed by atoms with E-state index >= 15 is 0 Å². The lowest BCUT2D eigenvalue weighted by molar-refractivity contribution is -0.131. The van der Waals surface area contributed by atoms with Gasteiger partial charge in [0.05, 0.1) is 0 Å². The summed E-state index contributed by atoms with van der Waals surface area (Å²) < 4.78 is 1.13. The molecule has 0 aromatic heterocycles. The molecule has 1 aromatic rings. The van der Waals surface area contributed by atoms with Gasteiger partial charge < -0.3 is 10.2 Å². The Hall–Kier alpha value is -0.580. The summed E-state index contributed by atoms with van der Waals surface area (Å²) in [5.74, 6) is 1.90. The summed E-state index contributed by atoms with van der Waals surface area (Å²) in [5, 5.41) is 3.49. The largest absolute Gasteiger partial charge is 0.343 e.